The van der Waals surface area contributed by atoms with Gasteiger partial charge in [0.15, 0.2) is 11.5 Å². The molecule has 8 heteroatoms. The molecule has 0 radical (unpaired) electrons. The zero-order chi connectivity index (χ0) is 17.5. The Morgan fingerprint density at radius 3 is 2.62 bits per heavy atom. The van der Waals surface area contributed by atoms with Crippen molar-refractivity contribution >= 4 is 32.9 Å². The summed E-state index contributed by atoms with van der Waals surface area (Å²) in [4.78, 5) is 4.52. The second kappa shape index (κ2) is 6.63. The second-order valence-corrected chi connectivity index (χ2v) is 8.88. The fourth-order valence-corrected chi connectivity index (χ4v) is 4.61. The van der Waals surface area contributed by atoms with E-state index in [4.69, 9.17) is 16.0 Å². The molecule has 1 saturated heterocycles. The van der Waals surface area contributed by atoms with Crippen molar-refractivity contribution < 1.29 is 12.8 Å². The fraction of sp³-hybridized carbons (Fsp3) is 0.562. The molecular formula is C16H22ClN3O3S. The van der Waals surface area contributed by atoms with Gasteiger partial charge in [0.25, 0.3) is 10.2 Å². The normalized spacial score (nSPS) is 18.1. The lowest BCUT2D eigenvalue weighted by molar-refractivity contribution is 0.269. The van der Waals surface area contributed by atoms with Gasteiger partial charge in [0, 0.05) is 37.1 Å². The van der Waals surface area contributed by atoms with E-state index in [1.807, 2.05) is 19.9 Å². The molecule has 0 bridgehead atoms. The molecule has 0 amide bonds. The van der Waals surface area contributed by atoms with Gasteiger partial charge in [-0.3, -0.25) is 0 Å². The number of halogens is 1. The first-order chi connectivity index (χ1) is 11.3. The van der Waals surface area contributed by atoms with Crippen molar-refractivity contribution in [3.05, 3.63) is 29.1 Å². The van der Waals surface area contributed by atoms with E-state index in [1.165, 1.54) is 4.31 Å². The predicted molar refractivity (Wildman–Crippen MR) is 94.4 cm³/mol. The van der Waals surface area contributed by atoms with Crippen molar-refractivity contribution in [2.24, 2.45) is 0 Å². The molecule has 0 atom stereocenters. The molecule has 1 fully saturated rings. The number of nitrogens with zero attached hydrogens (tertiary/aromatic N) is 3. The molecule has 0 spiro atoms. The monoisotopic (exact) mass is 371 g/mol. The molecule has 0 saturated carbocycles. The molecule has 132 valence electrons. The Morgan fingerprint density at radius 2 is 2.00 bits per heavy atom. The molecule has 6 nitrogen and oxygen atoms in total. The Labute approximate surface area is 147 Å². The maximum atomic E-state index is 12.5. The van der Waals surface area contributed by atoms with Crippen molar-refractivity contribution in [3.63, 3.8) is 0 Å². The zero-order valence-electron chi connectivity index (χ0n) is 14.1. The number of hydrogen-bond donors (Lipinski definition) is 0. The van der Waals surface area contributed by atoms with E-state index < -0.39 is 10.2 Å². The van der Waals surface area contributed by atoms with Gasteiger partial charge in [0.1, 0.15) is 5.52 Å². The summed E-state index contributed by atoms with van der Waals surface area (Å²) in [6.07, 6.45) is 1.40. The van der Waals surface area contributed by atoms with Gasteiger partial charge in [-0.05, 0) is 44.9 Å². The molecule has 1 aliphatic rings. The average molecular weight is 372 g/mol. The highest BCUT2D eigenvalue weighted by atomic mass is 35.5. The first-order valence-corrected chi connectivity index (χ1v) is 9.85. The van der Waals surface area contributed by atoms with Crippen LogP contribution in [-0.2, 0) is 10.2 Å². The summed E-state index contributed by atoms with van der Waals surface area (Å²) in [5, 5.41) is 0.625. The van der Waals surface area contributed by atoms with E-state index in [-0.39, 0.29) is 12.0 Å². The highest BCUT2D eigenvalue weighted by Gasteiger charge is 2.33. The number of piperidine rings is 1. The van der Waals surface area contributed by atoms with Gasteiger partial charge < -0.3 is 4.42 Å². The number of fused-ring (bicyclic) bond motifs is 1. The smallest absolute Gasteiger partial charge is 0.281 e. The van der Waals surface area contributed by atoms with E-state index >= 15 is 0 Å². The topological polar surface area (TPSA) is 66.7 Å². The minimum Gasteiger partial charge on any atom is -0.440 e. The van der Waals surface area contributed by atoms with E-state index in [0.717, 1.165) is 5.52 Å². The van der Waals surface area contributed by atoms with E-state index in [1.54, 1.807) is 23.5 Å². The summed E-state index contributed by atoms with van der Waals surface area (Å²) >= 11 is 5.98. The third-order valence-electron chi connectivity index (χ3n) is 4.59. The van der Waals surface area contributed by atoms with Gasteiger partial charge in [0.2, 0.25) is 0 Å². The van der Waals surface area contributed by atoms with Crippen LogP contribution in [0.2, 0.25) is 5.02 Å². The Morgan fingerprint density at radius 1 is 1.33 bits per heavy atom. The predicted octanol–water partition coefficient (Wildman–Crippen LogP) is 3.25. The minimum absolute atomic E-state index is 0.0606. The van der Waals surface area contributed by atoms with Gasteiger partial charge in [0.05, 0.1) is 0 Å². The van der Waals surface area contributed by atoms with Crippen molar-refractivity contribution in [2.75, 3.05) is 20.1 Å². The van der Waals surface area contributed by atoms with Gasteiger partial charge in [-0.2, -0.15) is 17.0 Å². The molecule has 1 aromatic carbocycles. The van der Waals surface area contributed by atoms with E-state index in [0.29, 0.717) is 42.4 Å². The lowest BCUT2D eigenvalue weighted by Gasteiger charge is -2.34. The summed E-state index contributed by atoms with van der Waals surface area (Å²) < 4.78 is 33.9. The van der Waals surface area contributed by atoms with Gasteiger partial charge in [-0.25, -0.2) is 4.98 Å². The zero-order valence-corrected chi connectivity index (χ0v) is 15.6. The van der Waals surface area contributed by atoms with Crippen molar-refractivity contribution in [3.8, 4) is 0 Å². The van der Waals surface area contributed by atoms with Crippen LogP contribution in [0, 0.1) is 0 Å². The van der Waals surface area contributed by atoms with Crippen LogP contribution in [0.4, 0.5) is 0 Å². The highest BCUT2D eigenvalue weighted by Crippen LogP contribution is 2.32. The largest absolute Gasteiger partial charge is 0.440 e. The molecular weight excluding hydrogens is 350 g/mol. The van der Waals surface area contributed by atoms with Crippen LogP contribution in [-0.4, -0.2) is 48.2 Å². The average Bonchev–Trinajstić information content (AvgIpc) is 2.97. The van der Waals surface area contributed by atoms with Crippen molar-refractivity contribution in [1.29, 1.82) is 0 Å². The van der Waals surface area contributed by atoms with Crippen LogP contribution < -0.4 is 0 Å². The summed E-state index contributed by atoms with van der Waals surface area (Å²) in [6.45, 7) is 4.69. The Hall–Kier alpha value is -1.15. The lowest BCUT2D eigenvalue weighted by Crippen LogP contribution is -2.47. The number of aromatic nitrogens is 1. The van der Waals surface area contributed by atoms with Crippen LogP contribution in [0.3, 0.4) is 0 Å². The molecule has 1 aromatic heterocycles. The quantitative estimate of drug-likeness (QED) is 0.827. The van der Waals surface area contributed by atoms with Crippen molar-refractivity contribution in [2.45, 2.75) is 38.6 Å². The summed E-state index contributed by atoms with van der Waals surface area (Å²) in [5.41, 5.74) is 1.45. The van der Waals surface area contributed by atoms with Gasteiger partial charge in [-0.15, -0.1) is 0 Å². The molecule has 24 heavy (non-hydrogen) atoms. The highest BCUT2D eigenvalue weighted by molar-refractivity contribution is 7.86. The first kappa shape index (κ1) is 17.7. The third kappa shape index (κ3) is 3.31. The number of oxazole rings is 1. The molecule has 2 heterocycles. The Kier molecular flexibility index (Phi) is 4.88. The molecule has 1 aliphatic heterocycles. The molecule has 3 rings (SSSR count). The van der Waals surface area contributed by atoms with Crippen LogP contribution in [0.25, 0.3) is 11.1 Å². The van der Waals surface area contributed by atoms with Crippen LogP contribution in [0.5, 0.6) is 0 Å². The van der Waals surface area contributed by atoms with Gasteiger partial charge in [-0.1, -0.05) is 11.6 Å². The maximum absolute atomic E-state index is 12.5. The van der Waals surface area contributed by atoms with Gasteiger partial charge >= 0.3 is 0 Å². The SMILES string of the molecule is CC(C)N(C)S(=O)(=O)N1CCC(c2nc3cc(Cl)ccc3o2)CC1. The molecule has 2 aromatic rings. The Bertz CT molecular complexity index is 826. The fourth-order valence-electron chi connectivity index (χ4n) is 2.88. The molecule has 0 aliphatic carbocycles. The summed E-state index contributed by atoms with van der Waals surface area (Å²) in [7, 11) is -1.78. The standard InChI is InChI=1S/C16H22ClN3O3S/c1-11(2)19(3)24(21,22)20-8-6-12(7-9-20)16-18-14-10-13(17)4-5-15(14)23-16/h4-5,10-12H,6-9H2,1-3H3. The lowest BCUT2D eigenvalue weighted by atomic mass is 9.98. The number of hydrogen-bond acceptors (Lipinski definition) is 4. The van der Waals surface area contributed by atoms with Crippen LogP contribution >= 0.6 is 11.6 Å². The molecule has 0 unspecified atom stereocenters. The first-order valence-electron chi connectivity index (χ1n) is 8.08. The van der Waals surface area contributed by atoms with E-state index in [9.17, 15) is 8.42 Å². The van der Waals surface area contributed by atoms with Crippen molar-refractivity contribution in [1.82, 2.24) is 13.6 Å². The Balaban J connectivity index is 1.72. The molecule has 0 N–H and O–H groups in total. The number of rotatable bonds is 4. The number of benzene rings is 1. The minimum atomic E-state index is -3.40. The van der Waals surface area contributed by atoms with E-state index in [2.05, 4.69) is 4.98 Å². The summed E-state index contributed by atoms with van der Waals surface area (Å²) in [6, 6.07) is 5.30. The second-order valence-electron chi connectivity index (χ2n) is 6.46. The summed E-state index contributed by atoms with van der Waals surface area (Å²) in [5.74, 6) is 0.800. The third-order valence-corrected chi connectivity index (χ3v) is 6.99. The maximum Gasteiger partial charge on any atom is 0.281 e. The van der Waals surface area contributed by atoms with Crippen LogP contribution in [0.15, 0.2) is 22.6 Å². The van der Waals surface area contributed by atoms with Crippen LogP contribution in [0.1, 0.15) is 38.5 Å².